The number of phenols is 1. The first kappa shape index (κ1) is 23.5. The van der Waals surface area contributed by atoms with Crippen LogP contribution in [0.4, 0.5) is 24.5 Å². The summed E-state index contributed by atoms with van der Waals surface area (Å²) >= 11 is 0. The summed E-state index contributed by atoms with van der Waals surface area (Å²) in [5.41, 5.74) is -0.902. The van der Waals surface area contributed by atoms with Gasteiger partial charge in [-0.3, -0.25) is 4.79 Å². The Kier molecular flexibility index (Phi) is 7.32. The fraction of sp³-hybridized carbons (Fsp3) is 0.316. The standard InChI is InChI=1S/C19H22F3N3O4S/c1-3-25(4-2)30(28,29)15-8-9-17(26)16(11-15)24-18(27)12-23-14-7-5-6-13(10-14)19(20,21)22/h5-11,23,26H,3-4,12H2,1-2H3,(H,24,27). The van der Waals surface area contributed by atoms with Gasteiger partial charge < -0.3 is 15.7 Å². The van der Waals surface area contributed by atoms with Crippen LogP contribution < -0.4 is 10.6 Å². The molecule has 2 aromatic carbocycles. The minimum Gasteiger partial charge on any atom is -0.506 e. The van der Waals surface area contributed by atoms with Crippen LogP contribution in [-0.4, -0.2) is 43.4 Å². The average molecular weight is 445 g/mol. The van der Waals surface area contributed by atoms with Crippen LogP contribution in [0.3, 0.4) is 0 Å². The molecule has 0 fully saturated rings. The van der Waals surface area contributed by atoms with E-state index in [0.717, 1.165) is 24.3 Å². The van der Waals surface area contributed by atoms with Crippen LogP contribution in [0.1, 0.15) is 19.4 Å². The predicted octanol–water partition coefficient (Wildman–Crippen LogP) is 3.49. The van der Waals surface area contributed by atoms with Crippen LogP contribution in [-0.2, 0) is 21.0 Å². The highest BCUT2D eigenvalue weighted by Gasteiger charge is 2.30. The Morgan fingerprint density at radius 3 is 2.37 bits per heavy atom. The predicted molar refractivity (Wildman–Crippen MR) is 107 cm³/mol. The number of benzene rings is 2. The fourth-order valence-electron chi connectivity index (χ4n) is 2.67. The van der Waals surface area contributed by atoms with Crippen LogP contribution in [0, 0.1) is 0 Å². The molecule has 0 heterocycles. The average Bonchev–Trinajstić information content (AvgIpc) is 2.68. The van der Waals surface area contributed by atoms with E-state index in [0.29, 0.717) is 0 Å². The summed E-state index contributed by atoms with van der Waals surface area (Å²) in [4.78, 5) is 12.1. The molecule has 0 bridgehead atoms. The Bertz CT molecular complexity index is 1010. The number of carbonyl (C=O) groups excluding carboxylic acids is 1. The molecule has 0 radical (unpaired) electrons. The minimum atomic E-state index is -4.51. The lowest BCUT2D eigenvalue weighted by Gasteiger charge is -2.19. The number of hydrogen-bond donors (Lipinski definition) is 3. The van der Waals surface area contributed by atoms with Gasteiger partial charge in [-0.2, -0.15) is 17.5 Å². The summed E-state index contributed by atoms with van der Waals surface area (Å²) in [6, 6.07) is 7.85. The second kappa shape index (κ2) is 9.35. The quantitative estimate of drug-likeness (QED) is 0.541. The van der Waals surface area contributed by atoms with Gasteiger partial charge in [-0.1, -0.05) is 19.9 Å². The van der Waals surface area contributed by atoms with E-state index in [2.05, 4.69) is 10.6 Å². The lowest BCUT2D eigenvalue weighted by Crippen LogP contribution is -2.30. The zero-order valence-electron chi connectivity index (χ0n) is 16.3. The number of carbonyl (C=O) groups is 1. The molecule has 0 aliphatic rings. The van der Waals surface area contributed by atoms with Crippen molar-refractivity contribution in [3.05, 3.63) is 48.0 Å². The Morgan fingerprint density at radius 2 is 1.77 bits per heavy atom. The molecule has 0 aromatic heterocycles. The molecule has 0 aliphatic heterocycles. The van der Waals surface area contributed by atoms with Crippen LogP contribution >= 0.6 is 0 Å². The number of hydrogen-bond acceptors (Lipinski definition) is 5. The molecule has 0 atom stereocenters. The molecule has 164 valence electrons. The van der Waals surface area contributed by atoms with E-state index in [4.69, 9.17) is 0 Å². The van der Waals surface area contributed by atoms with E-state index >= 15 is 0 Å². The fourth-order valence-corrected chi connectivity index (χ4v) is 4.16. The normalized spacial score (nSPS) is 12.1. The maximum atomic E-state index is 12.8. The summed E-state index contributed by atoms with van der Waals surface area (Å²) in [5.74, 6) is -1.03. The van der Waals surface area contributed by atoms with E-state index in [1.807, 2.05) is 0 Å². The lowest BCUT2D eigenvalue weighted by molar-refractivity contribution is -0.137. The first-order chi connectivity index (χ1) is 14.0. The summed E-state index contributed by atoms with van der Waals surface area (Å²) in [5, 5.41) is 14.9. The third-order valence-corrected chi connectivity index (χ3v) is 6.27. The molecule has 0 aliphatic carbocycles. The van der Waals surface area contributed by atoms with Crippen molar-refractivity contribution in [2.45, 2.75) is 24.9 Å². The lowest BCUT2D eigenvalue weighted by atomic mass is 10.2. The van der Waals surface area contributed by atoms with E-state index in [-0.39, 0.29) is 35.1 Å². The van der Waals surface area contributed by atoms with Crippen molar-refractivity contribution in [2.75, 3.05) is 30.3 Å². The zero-order chi connectivity index (χ0) is 22.5. The number of anilines is 2. The Labute approximate surface area is 172 Å². The van der Waals surface area contributed by atoms with Crippen LogP contribution in [0.15, 0.2) is 47.4 Å². The number of halogens is 3. The number of amides is 1. The van der Waals surface area contributed by atoms with Crippen molar-refractivity contribution in [1.82, 2.24) is 4.31 Å². The second-order valence-corrected chi connectivity index (χ2v) is 8.19. The number of nitrogens with zero attached hydrogens (tertiary/aromatic N) is 1. The molecule has 0 spiro atoms. The molecule has 0 unspecified atom stereocenters. The molecule has 7 nitrogen and oxygen atoms in total. The number of nitrogens with one attached hydrogen (secondary N) is 2. The van der Waals surface area contributed by atoms with Crippen molar-refractivity contribution in [1.29, 1.82) is 0 Å². The monoisotopic (exact) mass is 445 g/mol. The molecule has 2 rings (SSSR count). The van der Waals surface area contributed by atoms with E-state index in [9.17, 15) is 31.5 Å². The molecule has 0 saturated carbocycles. The van der Waals surface area contributed by atoms with Gasteiger partial charge in [0.2, 0.25) is 15.9 Å². The topological polar surface area (TPSA) is 98.7 Å². The largest absolute Gasteiger partial charge is 0.506 e. The SMILES string of the molecule is CCN(CC)S(=O)(=O)c1ccc(O)c(NC(=O)CNc2cccc(C(F)(F)F)c2)c1. The Hall–Kier alpha value is -2.79. The van der Waals surface area contributed by atoms with Gasteiger partial charge in [-0.05, 0) is 36.4 Å². The zero-order valence-corrected chi connectivity index (χ0v) is 17.1. The third kappa shape index (κ3) is 5.63. The van der Waals surface area contributed by atoms with Gasteiger partial charge in [0.15, 0.2) is 0 Å². The number of sulfonamides is 1. The maximum absolute atomic E-state index is 12.8. The van der Waals surface area contributed by atoms with Gasteiger partial charge in [-0.15, -0.1) is 0 Å². The number of phenolic OH excluding ortho intramolecular Hbond substituents is 1. The number of rotatable bonds is 8. The molecule has 2 aromatic rings. The highest BCUT2D eigenvalue weighted by molar-refractivity contribution is 7.89. The molecule has 30 heavy (non-hydrogen) atoms. The van der Waals surface area contributed by atoms with Gasteiger partial charge >= 0.3 is 6.18 Å². The second-order valence-electron chi connectivity index (χ2n) is 6.25. The molecule has 11 heteroatoms. The van der Waals surface area contributed by atoms with Crippen molar-refractivity contribution in [2.24, 2.45) is 0 Å². The van der Waals surface area contributed by atoms with Crippen LogP contribution in [0.2, 0.25) is 0 Å². The first-order valence-electron chi connectivity index (χ1n) is 9.03. The summed E-state index contributed by atoms with van der Waals surface area (Å²) < 4.78 is 64.7. The first-order valence-corrected chi connectivity index (χ1v) is 10.5. The molecular formula is C19H22F3N3O4S. The number of aromatic hydroxyl groups is 1. The van der Waals surface area contributed by atoms with Gasteiger partial charge in [0.25, 0.3) is 0 Å². The smallest absolute Gasteiger partial charge is 0.416 e. The summed E-state index contributed by atoms with van der Waals surface area (Å²) in [7, 11) is -3.80. The van der Waals surface area contributed by atoms with Crippen molar-refractivity contribution >= 4 is 27.3 Å². The van der Waals surface area contributed by atoms with Gasteiger partial charge in [0.1, 0.15) is 5.75 Å². The van der Waals surface area contributed by atoms with Crippen LogP contribution in [0.5, 0.6) is 5.75 Å². The molecule has 0 saturated heterocycles. The highest BCUT2D eigenvalue weighted by atomic mass is 32.2. The molecular weight excluding hydrogens is 423 g/mol. The Balaban J connectivity index is 2.12. The van der Waals surface area contributed by atoms with E-state index in [1.54, 1.807) is 13.8 Å². The molecule has 3 N–H and O–H groups in total. The van der Waals surface area contributed by atoms with E-state index < -0.39 is 34.2 Å². The van der Waals surface area contributed by atoms with Crippen molar-refractivity contribution < 1.29 is 31.5 Å². The van der Waals surface area contributed by atoms with Gasteiger partial charge in [-0.25, -0.2) is 8.42 Å². The summed E-state index contributed by atoms with van der Waals surface area (Å²) in [6.45, 7) is 3.48. The van der Waals surface area contributed by atoms with Crippen molar-refractivity contribution in [3.63, 3.8) is 0 Å². The van der Waals surface area contributed by atoms with Crippen LogP contribution in [0.25, 0.3) is 0 Å². The molecule has 1 amide bonds. The van der Waals surface area contributed by atoms with Gasteiger partial charge in [0, 0.05) is 18.8 Å². The number of alkyl halides is 3. The minimum absolute atomic E-state index is 0.0852. The summed E-state index contributed by atoms with van der Waals surface area (Å²) in [6.07, 6.45) is -4.51. The van der Waals surface area contributed by atoms with Crippen molar-refractivity contribution in [3.8, 4) is 5.75 Å². The third-order valence-electron chi connectivity index (χ3n) is 4.23. The van der Waals surface area contributed by atoms with E-state index in [1.165, 1.54) is 22.5 Å². The Morgan fingerprint density at radius 1 is 1.10 bits per heavy atom. The maximum Gasteiger partial charge on any atom is 0.416 e. The highest BCUT2D eigenvalue weighted by Crippen LogP contribution is 2.31. The van der Waals surface area contributed by atoms with Gasteiger partial charge in [0.05, 0.1) is 22.7 Å².